The van der Waals surface area contributed by atoms with E-state index in [4.69, 9.17) is 5.73 Å². The summed E-state index contributed by atoms with van der Waals surface area (Å²) in [5.41, 5.74) is 2.80. The number of alkyl halides is 3. The molecule has 0 amide bonds. The lowest BCUT2D eigenvalue weighted by Crippen LogP contribution is -2.53. The van der Waals surface area contributed by atoms with Crippen LogP contribution in [-0.2, 0) is 0 Å². The van der Waals surface area contributed by atoms with Gasteiger partial charge in [0.2, 0.25) is 0 Å². The zero-order valence-corrected chi connectivity index (χ0v) is 7.85. The summed E-state index contributed by atoms with van der Waals surface area (Å²) in [4.78, 5) is 1.83. The van der Waals surface area contributed by atoms with Gasteiger partial charge >= 0.3 is 6.18 Å². The minimum atomic E-state index is -4.51. The maximum absolute atomic E-state index is 12.3. The van der Waals surface area contributed by atoms with Gasteiger partial charge < -0.3 is 15.7 Å². The van der Waals surface area contributed by atoms with E-state index in [1.165, 1.54) is 0 Å². The molecule has 1 rings (SSSR count). The number of hydrogen-bond donors (Lipinski definition) is 2. The molecule has 0 radical (unpaired) electrons. The largest absolute Gasteiger partial charge is 0.417 e. The van der Waals surface area contributed by atoms with Crippen molar-refractivity contribution in [3.63, 3.8) is 0 Å². The van der Waals surface area contributed by atoms with Gasteiger partial charge in [-0.2, -0.15) is 13.2 Å². The summed E-state index contributed by atoms with van der Waals surface area (Å²) in [5, 5.41) is 9.31. The van der Waals surface area contributed by atoms with Crippen LogP contribution in [0.2, 0.25) is 0 Å². The highest BCUT2D eigenvalue weighted by Gasteiger charge is 2.54. The van der Waals surface area contributed by atoms with Crippen molar-refractivity contribution in [3.8, 4) is 0 Å². The first-order chi connectivity index (χ1) is 6.39. The Balaban J connectivity index is 2.49. The van der Waals surface area contributed by atoms with Gasteiger partial charge in [0, 0.05) is 26.2 Å². The second-order valence-corrected chi connectivity index (χ2v) is 3.66. The van der Waals surface area contributed by atoms with Crippen LogP contribution >= 0.6 is 0 Å². The van der Waals surface area contributed by atoms with Gasteiger partial charge in [0.15, 0.2) is 5.60 Å². The van der Waals surface area contributed by atoms with Crippen molar-refractivity contribution in [1.82, 2.24) is 4.90 Å². The molecule has 3 nitrogen and oxygen atoms in total. The molecule has 0 saturated carbocycles. The lowest BCUT2D eigenvalue weighted by Gasteiger charge is -2.38. The molecule has 1 heterocycles. The van der Waals surface area contributed by atoms with Crippen LogP contribution in [-0.4, -0.2) is 48.0 Å². The molecule has 0 aliphatic carbocycles. The molecule has 0 aromatic heterocycles. The normalized spacial score (nSPS) is 23.8. The van der Waals surface area contributed by atoms with Gasteiger partial charge in [-0.05, 0) is 12.8 Å². The van der Waals surface area contributed by atoms with Crippen LogP contribution in [0.15, 0.2) is 0 Å². The Labute approximate surface area is 80.7 Å². The van der Waals surface area contributed by atoms with Crippen LogP contribution in [0.1, 0.15) is 12.8 Å². The van der Waals surface area contributed by atoms with Gasteiger partial charge in [-0.25, -0.2) is 0 Å². The summed E-state index contributed by atoms with van der Waals surface area (Å²) in [7, 11) is 0. The van der Waals surface area contributed by atoms with Crippen LogP contribution in [0.4, 0.5) is 13.2 Å². The SMILES string of the molecule is NCCN1CCC(O)(C(F)(F)F)CC1. The Morgan fingerprint density at radius 3 is 2.14 bits per heavy atom. The van der Waals surface area contributed by atoms with Crippen molar-refractivity contribution >= 4 is 0 Å². The average molecular weight is 212 g/mol. The van der Waals surface area contributed by atoms with Gasteiger partial charge in [-0.1, -0.05) is 0 Å². The van der Waals surface area contributed by atoms with E-state index >= 15 is 0 Å². The zero-order valence-electron chi connectivity index (χ0n) is 7.85. The van der Waals surface area contributed by atoms with Crippen molar-refractivity contribution in [2.24, 2.45) is 5.73 Å². The van der Waals surface area contributed by atoms with E-state index < -0.39 is 11.8 Å². The van der Waals surface area contributed by atoms with Crippen LogP contribution in [0.25, 0.3) is 0 Å². The lowest BCUT2D eigenvalue weighted by molar-refractivity contribution is -0.272. The second-order valence-electron chi connectivity index (χ2n) is 3.66. The van der Waals surface area contributed by atoms with E-state index in [2.05, 4.69) is 0 Å². The number of aliphatic hydroxyl groups is 1. The fourth-order valence-corrected chi connectivity index (χ4v) is 1.61. The molecular formula is C8H15F3N2O. The highest BCUT2D eigenvalue weighted by molar-refractivity contribution is 4.91. The maximum atomic E-state index is 12.3. The van der Waals surface area contributed by atoms with Crippen molar-refractivity contribution in [1.29, 1.82) is 0 Å². The van der Waals surface area contributed by atoms with Gasteiger partial charge in [0.1, 0.15) is 0 Å². The highest BCUT2D eigenvalue weighted by atomic mass is 19.4. The molecule has 0 bridgehead atoms. The third kappa shape index (κ3) is 2.37. The van der Waals surface area contributed by atoms with E-state index in [1.807, 2.05) is 4.90 Å². The van der Waals surface area contributed by atoms with Gasteiger partial charge in [0.25, 0.3) is 0 Å². The molecule has 84 valence electrons. The summed E-state index contributed by atoms with van der Waals surface area (Å²) in [6, 6.07) is 0. The summed E-state index contributed by atoms with van der Waals surface area (Å²) in [5.74, 6) is 0. The molecule has 6 heteroatoms. The highest BCUT2D eigenvalue weighted by Crippen LogP contribution is 2.38. The van der Waals surface area contributed by atoms with E-state index in [-0.39, 0.29) is 25.9 Å². The number of halogens is 3. The van der Waals surface area contributed by atoms with Crippen LogP contribution in [0.5, 0.6) is 0 Å². The van der Waals surface area contributed by atoms with Crippen LogP contribution in [0, 0.1) is 0 Å². The Morgan fingerprint density at radius 1 is 1.29 bits per heavy atom. The first-order valence-electron chi connectivity index (χ1n) is 4.60. The Bertz CT molecular complexity index is 188. The fourth-order valence-electron chi connectivity index (χ4n) is 1.61. The van der Waals surface area contributed by atoms with Gasteiger partial charge in [-0.3, -0.25) is 0 Å². The molecule has 3 N–H and O–H groups in total. The van der Waals surface area contributed by atoms with E-state index in [0.717, 1.165) is 0 Å². The van der Waals surface area contributed by atoms with Crippen molar-refractivity contribution in [3.05, 3.63) is 0 Å². The maximum Gasteiger partial charge on any atom is 0.417 e. The Kier molecular flexibility index (Phi) is 3.39. The van der Waals surface area contributed by atoms with E-state index in [1.54, 1.807) is 0 Å². The number of nitrogens with two attached hydrogens (primary N) is 1. The number of nitrogens with zero attached hydrogens (tertiary/aromatic N) is 1. The van der Waals surface area contributed by atoms with Gasteiger partial charge in [0.05, 0.1) is 0 Å². The predicted molar refractivity (Wildman–Crippen MR) is 45.7 cm³/mol. The fraction of sp³-hybridized carbons (Fsp3) is 1.00. The number of rotatable bonds is 2. The Hall–Kier alpha value is -0.330. The lowest BCUT2D eigenvalue weighted by atomic mass is 9.91. The summed E-state index contributed by atoms with van der Waals surface area (Å²) >= 11 is 0. The molecule has 1 aliphatic rings. The topological polar surface area (TPSA) is 49.5 Å². The van der Waals surface area contributed by atoms with Gasteiger partial charge in [-0.15, -0.1) is 0 Å². The van der Waals surface area contributed by atoms with Crippen LogP contribution < -0.4 is 5.73 Å². The molecule has 0 aromatic rings. The molecule has 1 saturated heterocycles. The first kappa shape index (κ1) is 11.7. The second kappa shape index (κ2) is 4.04. The zero-order chi connectivity index (χ0) is 10.8. The third-order valence-electron chi connectivity index (χ3n) is 2.66. The molecular weight excluding hydrogens is 197 g/mol. The standard InChI is InChI=1S/C8H15F3N2O/c9-8(10,11)7(14)1-4-13(5-2-7)6-3-12/h14H,1-6,12H2. The van der Waals surface area contributed by atoms with Crippen molar-refractivity contribution in [2.45, 2.75) is 24.6 Å². The van der Waals surface area contributed by atoms with E-state index in [0.29, 0.717) is 13.1 Å². The molecule has 1 aliphatic heterocycles. The quantitative estimate of drug-likeness (QED) is 0.693. The average Bonchev–Trinajstić information content (AvgIpc) is 2.08. The van der Waals surface area contributed by atoms with E-state index in [9.17, 15) is 18.3 Å². The molecule has 0 aromatic carbocycles. The molecule has 0 atom stereocenters. The van der Waals surface area contributed by atoms with Crippen LogP contribution in [0.3, 0.4) is 0 Å². The molecule has 14 heavy (non-hydrogen) atoms. The number of likely N-dealkylation sites (tertiary alicyclic amines) is 1. The minimum Gasteiger partial charge on any atom is -0.380 e. The van der Waals surface area contributed by atoms with Crippen molar-refractivity contribution < 1.29 is 18.3 Å². The number of hydrogen-bond acceptors (Lipinski definition) is 3. The van der Waals surface area contributed by atoms with Crippen molar-refractivity contribution in [2.75, 3.05) is 26.2 Å². The Morgan fingerprint density at radius 2 is 1.79 bits per heavy atom. The summed E-state index contributed by atoms with van der Waals surface area (Å²) < 4.78 is 37.0. The molecule has 0 spiro atoms. The predicted octanol–water partition coefficient (Wildman–Crippen LogP) is 0.334. The smallest absolute Gasteiger partial charge is 0.380 e. The molecule has 0 unspecified atom stereocenters. The summed E-state index contributed by atoms with van der Waals surface area (Å²) in [6.45, 7) is 1.54. The minimum absolute atomic E-state index is 0.253. The summed E-state index contributed by atoms with van der Waals surface area (Å²) in [6.07, 6.45) is -5.02. The first-order valence-corrected chi connectivity index (χ1v) is 4.60. The monoisotopic (exact) mass is 212 g/mol. The number of piperidine rings is 1. The third-order valence-corrected chi connectivity index (χ3v) is 2.66. The molecule has 1 fully saturated rings.